The van der Waals surface area contributed by atoms with Gasteiger partial charge in [0.05, 0.1) is 44.8 Å². The van der Waals surface area contributed by atoms with E-state index in [-0.39, 0.29) is 16.2 Å². The van der Waals surface area contributed by atoms with Crippen molar-refractivity contribution < 1.29 is 0 Å². The van der Waals surface area contributed by atoms with Crippen LogP contribution in [0.5, 0.6) is 0 Å². The molecule has 0 unspecified atom stereocenters. The van der Waals surface area contributed by atoms with E-state index < -0.39 is 0 Å². The quantitative estimate of drug-likeness (QED) is 0.170. The van der Waals surface area contributed by atoms with Gasteiger partial charge in [0.25, 0.3) is 0 Å². The van der Waals surface area contributed by atoms with Gasteiger partial charge in [0, 0.05) is 65.1 Å². The summed E-state index contributed by atoms with van der Waals surface area (Å²) in [5, 5.41) is 15.4. The summed E-state index contributed by atoms with van der Waals surface area (Å²) in [5.74, 6) is 0. The lowest BCUT2D eigenvalue weighted by atomic mass is 9.83. The molecule has 0 fully saturated rings. The van der Waals surface area contributed by atoms with E-state index in [0.717, 1.165) is 11.2 Å². The number of pyridine rings is 1. The number of aromatic nitrogens is 4. The van der Waals surface area contributed by atoms with Gasteiger partial charge in [-0.05, 0) is 122 Å². The van der Waals surface area contributed by atoms with Crippen molar-refractivity contribution in [2.24, 2.45) is 0 Å². The molecule has 0 saturated carbocycles. The molecular weight excluding hydrogens is 813 g/mol. The van der Waals surface area contributed by atoms with Crippen LogP contribution in [0.4, 0.5) is 0 Å². The summed E-state index contributed by atoms with van der Waals surface area (Å²) >= 11 is 0. The van der Waals surface area contributed by atoms with Crippen LogP contribution in [0.25, 0.3) is 126 Å². The Morgan fingerprint density at radius 2 is 0.925 bits per heavy atom. The van der Waals surface area contributed by atoms with E-state index in [1.54, 1.807) is 0 Å². The Bertz CT molecular complexity index is 4420. The van der Waals surface area contributed by atoms with E-state index in [2.05, 4.69) is 227 Å². The fourth-order valence-corrected chi connectivity index (χ4v) is 11.9. The summed E-state index contributed by atoms with van der Waals surface area (Å²) in [4.78, 5) is 5.65. The highest BCUT2D eigenvalue weighted by Gasteiger charge is 2.31. The zero-order chi connectivity index (χ0) is 45.6. The molecule has 324 valence electrons. The molecule has 6 aromatic heterocycles. The molecule has 8 aromatic carbocycles. The second-order valence-electron chi connectivity index (χ2n) is 22.5. The average molecular weight is 865 g/mol. The third-order valence-electron chi connectivity index (χ3n) is 15.3. The summed E-state index contributed by atoms with van der Waals surface area (Å²) < 4.78 is 7.49. The zero-order valence-corrected chi connectivity index (χ0v) is 39.7. The van der Waals surface area contributed by atoms with Gasteiger partial charge in [0.15, 0.2) is 0 Å². The van der Waals surface area contributed by atoms with Crippen molar-refractivity contribution in [1.29, 1.82) is 0 Å². The Kier molecular flexibility index (Phi) is 7.36. The molecule has 0 aliphatic rings. The molecule has 6 heterocycles. The first-order valence-corrected chi connectivity index (χ1v) is 24.0. The van der Waals surface area contributed by atoms with Crippen molar-refractivity contribution in [2.45, 2.75) is 78.6 Å². The van der Waals surface area contributed by atoms with Gasteiger partial charge in [-0.3, -0.25) is 4.40 Å². The fraction of sp³-hybridized carbons (Fsp3) is 0.190. The molecule has 0 bridgehead atoms. The first kappa shape index (κ1) is 38.8. The first-order chi connectivity index (χ1) is 32.1. The molecule has 4 heteroatoms. The van der Waals surface area contributed by atoms with Crippen molar-refractivity contribution in [1.82, 2.24) is 18.4 Å². The molecule has 0 N–H and O–H groups in total. The fourth-order valence-electron chi connectivity index (χ4n) is 11.9. The normalized spacial score (nSPS) is 13.4. The van der Waals surface area contributed by atoms with Crippen LogP contribution in [0.15, 0.2) is 152 Å². The SMILES string of the molecule is CC(C)(C)c1cc(-c2ccc3c(c2)c2ccccc2n3-c2ccccc2)c2c(c1)c1cc(C(C)(C)C)cc3c4c5c6cc(C(C)(C)C)cc7c8c9ccccc9ccc8n(c5cnc4n2c13)c76. The summed E-state index contributed by atoms with van der Waals surface area (Å²) in [5.41, 5.74) is 17.0. The van der Waals surface area contributed by atoms with Crippen molar-refractivity contribution >= 4 is 109 Å². The molecular formula is C63H52N4. The molecule has 4 nitrogen and oxygen atoms in total. The predicted molar refractivity (Wildman–Crippen MR) is 287 cm³/mol. The van der Waals surface area contributed by atoms with Crippen LogP contribution in [0, 0.1) is 0 Å². The number of hydrogen-bond donors (Lipinski definition) is 0. The minimum Gasteiger partial charge on any atom is -0.309 e. The van der Waals surface area contributed by atoms with Gasteiger partial charge >= 0.3 is 0 Å². The van der Waals surface area contributed by atoms with Crippen molar-refractivity contribution in [3.63, 3.8) is 0 Å². The maximum atomic E-state index is 5.65. The van der Waals surface area contributed by atoms with E-state index in [1.165, 1.54) is 131 Å². The van der Waals surface area contributed by atoms with E-state index in [1.807, 2.05) is 0 Å². The van der Waals surface area contributed by atoms with Crippen LogP contribution in [-0.2, 0) is 16.2 Å². The van der Waals surface area contributed by atoms with Gasteiger partial charge in [0.2, 0.25) is 0 Å². The first-order valence-electron chi connectivity index (χ1n) is 24.0. The molecule has 0 aliphatic carbocycles. The lowest BCUT2D eigenvalue weighted by Gasteiger charge is -2.22. The lowest BCUT2D eigenvalue weighted by molar-refractivity contribution is 0.591. The third-order valence-corrected chi connectivity index (χ3v) is 15.3. The topological polar surface area (TPSA) is 26.6 Å². The molecule has 0 atom stereocenters. The summed E-state index contributed by atoms with van der Waals surface area (Å²) in [6.07, 6.45) is 2.18. The second kappa shape index (κ2) is 12.7. The van der Waals surface area contributed by atoms with E-state index in [9.17, 15) is 0 Å². The Hall–Kier alpha value is -7.43. The highest BCUT2D eigenvalue weighted by atomic mass is 15.0. The molecule has 67 heavy (non-hydrogen) atoms. The van der Waals surface area contributed by atoms with Gasteiger partial charge in [0.1, 0.15) is 5.65 Å². The van der Waals surface area contributed by atoms with Crippen molar-refractivity contribution in [3.8, 4) is 16.8 Å². The van der Waals surface area contributed by atoms with Crippen LogP contribution < -0.4 is 0 Å². The average Bonchev–Trinajstić information content (AvgIpc) is 4.10. The monoisotopic (exact) mass is 864 g/mol. The van der Waals surface area contributed by atoms with Gasteiger partial charge < -0.3 is 8.97 Å². The number of nitrogens with zero attached hydrogens (tertiary/aromatic N) is 4. The van der Waals surface area contributed by atoms with E-state index >= 15 is 0 Å². The van der Waals surface area contributed by atoms with Gasteiger partial charge in [-0.15, -0.1) is 0 Å². The molecule has 0 spiro atoms. The highest BCUT2D eigenvalue weighted by Crippen LogP contribution is 2.51. The molecule has 14 rings (SSSR count). The predicted octanol–water partition coefficient (Wildman–Crippen LogP) is 17.2. The maximum absolute atomic E-state index is 5.65. The van der Waals surface area contributed by atoms with Crippen LogP contribution in [0.3, 0.4) is 0 Å². The van der Waals surface area contributed by atoms with Crippen LogP contribution in [0.1, 0.15) is 79.0 Å². The highest BCUT2D eigenvalue weighted by molar-refractivity contribution is 6.37. The second-order valence-corrected chi connectivity index (χ2v) is 22.5. The number of fused-ring (bicyclic) bond motifs is 18. The number of rotatable bonds is 2. The van der Waals surface area contributed by atoms with Gasteiger partial charge in [-0.25, -0.2) is 4.98 Å². The zero-order valence-electron chi connectivity index (χ0n) is 39.7. The number of para-hydroxylation sites is 2. The van der Waals surface area contributed by atoms with E-state index in [4.69, 9.17) is 4.98 Å². The Balaban J connectivity index is 1.17. The number of hydrogen-bond acceptors (Lipinski definition) is 1. The summed E-state index contributed by atoms with van der Waals surface area (Å²) in [7, 11) is 0. The smallest absolute Gasteiger partial charge is 0.146 e. The van der Waals surface area contributed by atoms with Crippen molar-refractivity contribution in [3.05, 3.63) is 168 Å². The Morgan fingerprint density at radius 3 is 1.64 bits per heavy atom. The largest absolute Gasteiger partial charge is 0.309 e. The van der Waals surface area contributed by atoms with Gasteiger partial charge in [-0.2, -0.15) is 0 Å². The maximum Gasteiger partial charge on any atom is 0.146 e. The Labute approximate surface area is 389 Å². The summed E-state index contributed by atoms with van der Waals surface area (Å²) in [6.45, 7) is 21.2. The lowest BCUT2D eigenvalue weighted by Crippen LogP contribution is -2.11. The molecule has 0 aliphatic heterocycles. The van der Waals surface area contributed by atoms with Crippen LogP contribution >= 0.6 is 0 Å². The Morgan fingerprint density at radius 1 is 0.373 bits per heavy atom. The summed E-state index contributed by atoms with van der Waals surface area (Å²) in [6, 6.07) is 55.2. The molecule has 14 aromatic rings. The minimum atomic E-state index is -0.0856. The van der Waals surface area contributed by atoms with Crippen LogP contribution in [0.2, 0.25) is 0 Å². The standard InChI is InChI=1S/C63H52N4/c1-61(2,3)37-28-43(36-24-25-51-44(27-36)42-21-15-16-22-50(42)65(51)40-18-11-10-12-19-40)57-45(29-37)46-30-38(62(4,5)6)33-49-56-55-48-32-39(63(7,8)9)31-47-54-41-20-14-13-17-35(41)23-26-52(54)66(59(47)48)53(55)34-64-60(56)67(57)58(46)49/h10-34H,1-9H3. The van der Waals surface area contributed by atoms with Crippen molar-refractivity contribution in [2.75, 3.05) is 0 Å². The molecule has 0 amide bonds. The third kappa shape index (κ3) is 5.11. The van der Waals surface area contributed by atoms with Crippen LogP contribution in [-0.4, -0.2) is 18.4 Å². The van der Waals surface area contributed by atoms with Gasteiger partial charge in [-0.1, -0.05) is 135 Å². The molecule has 0 saturated heterocycles. The van der Waals surface area contributed by atoms with E-state index in [0.29, 0.717) is 0 Å². The minimum absolute atomic E-state index is 0.0578. The molecule has 0 radical (unpaired) electrons. The number of benzene rings is 8.